The average Bonchev–Trinajstić information content (AvgIpc) is 3.33. The number of hydrogen-bond acceptors (Lipinski definition) is 6. The molecule has 1 aliphatic rings. The monoisotopic (exact) mass is 448 g/mol. The van der Waals surface area contributed by atoms with Crippen LogP contribution in [0.25, 0.3) is 0 Å². The van der Waals surface area contributed by atoms with E-state index >= 15 is 0 Å². The molecular weight excluding hydrogens is 419 g/mol. The number of likely N-dealkylation sites (N-methyl/N-ethyl adjacent to an activating group) is 1. The molecule has 1 atom stereocenters. The predicted octanol–water partition coefficient (Wildman–Crippen LogP) is 3.00. The van der Waals surface area contributed by atoms with Gasteiger partial charge in [-0.1, -0.05) is 18.2 Å². The molecule has 0 unspecified atom stereocenters. The molecule has 0 aliphatic carbocycles. The summed E-state index contributed by atoms with van der Waals surface area (Å²) in [6, 6.07) is 14.4. The second kappa shape index (κ2) is 10.9. The van der Waals surface area contributed by atoms with Crippen molar-refractivity contribution in [1.29, 1.82) is 0 Å². The van der Waals surface area contributed by atoms with Crippen LogP contribution < -0.4 is 20.9 Å². The van der Waals surface area contributed by atoms with Crippen molar-refractivity contribution in [2.24, 2.45) is 0 Å². The fourth-order valence-corrected chi connectivity index (χ4v) is 3.94. The quantitative estimate of drug-likeness (QED) is 0.467. The van der Waals surface area contributed by atoms with E-state index in [1.165, 1.54) is 12.1 Å². The van der Waals surface area contributed by atoms with Crippen molar-refractivity contribution in [3.63, 3.8) is 0 Å². The number of carbonyl (C=O) groups is 1. The Hall–Kier alpha value is -3.52. The summed E-state index contributed by atoms with van der Waals surface area (Å²) in [4.78, 5) is 24.1. The molecule has 33 heavy (non-hydrogen) atoms. The van der Waals surface area contributed by atoms with Crippen LogP contribution in [0.2, 0.25) is 0 Å². The van der Waals surface area contributed by atoms with Gasteiger partial charge in [-0.05, 0) is 61.3 Å². The minimum absolute atomic E-state index is 0.208. The second-order valence-electron chi connectivity index (χ2n) is 8.14. The number of rotatable bonds is 9. The van der Waals surface area contributed by atoms with Gasteiger partial charge < -0.3 is 20.9 Å². The van der Waals surface area contributed by atoms with E-state index in [9.17, 15) is 9.18 Å². The molecule has 172 valence electrons. The van der Waals surface area contributed by atoms with Crippen LogP contribution in [-0.4, -0.2) is 48.6 Å². The molecule has 2 aromatic heterocycles. The highest BCUT2D eigenvalue weighted by Gasteiger charge is 2.23. The van der Waals surface area contributed by atoms with Crippen molar-refractivity contribution in [3.05, 3.63) is 83.4 Å². The van der Waals surface area contributed by atoms with Crippen LogP contribution in [-0.2, 0) is 13.0 Å². The summed E-state index contributed by atoms with van der Waals surface area (Å²) in [5.41, 5.74) is 2.29. The third-order valence-corrected chi connectivity index (χ3v) is 5.82. The number of hydrogen-bond donors (Lipinski definition) is 3. The van der Waals surface area contributed by atoms with Gasteiger partial charge in [-0.15, -0.1) is 0 Å². The molecule has 7 nitrogen and oxygen atoms in total. The van der Waals surface area contributed by atoms with Crippen LogP contribution in [0, 0.1) is 5.82 Å². The molecule has 1 aliphatic heterocycles. The zero-order valence-corrected chi connectivity index (χ0v) is 18.7. The Balaban J connectivity index is 1.49. The van der Waals surface area contributed by atoms with Crippen molar-refractivity contribution < 1.29 is 9.18 Å². The van der Waals surface area contributed by atoms with Crippen LogP contribution in [0.5, 0.6) is 0 Å². The van der Waals surface area contributed by atoms with E-state index in [1.807, 2.05) is 37.4 Å². The van der Waals surface area contributed by atoms with Crippen molar-refractivity contribution in [3.8, 4) is 0 Å². The van der Waals surface area contributed by atoms with Crippen LogP contribution in [0.3, 0.4) is 0 Å². The molecule has 1 amide bonds. The van der Waals surface area contributed by atoms with Gasteiger partial charge in [0.15, 0.2) is 0 Å². The van der Waals surface area contributed by atoms with E-state index in [0.29, 0.717) is 36.9 Å². The summed E-state index contributed by atoms with van der Waals surface area (Å²) in [6.07, 6.45) is 5.09. The third kappa shape index (κ3) is 6.04. The van der Waals surface area contributed by atoms with Crippen molar-refractivity contribution >= 4 is 17.5 Å². The molecule has 0 saturated carbocycles. The normalized spacial score (nSPS) is 15.5. The molecule has 8 heteroatoms. The number of carbonyl (C=O) groups excluding carboxylic acids is 1. The molecule has 3 aromatic rings. The molecule has 0 spiro atoms. The highest BCUT2D eigenvalue weighted by molar-refractivity contribution is 5.99. The standard InChI is InChI=1S/C25H29FN6O/c1-27-21-10-13-32(17-21)23-8-7-22(25(33)30-16-19-5-3-11-28-15-19)24(31-23)29-12-9-18-4-2-6-20(26)14-18/h2-8,11,14-15,21,27H,9-10,12-13,16-17H2,1H3,(H,29,31)(H,30,33)/t21-/m0/s1. The van der Waals surface area contributed by atoms with Gasteiger partial charge in [0.2, 0.25) is 0 Å². The van der Waals surface area contributed by atoms with Gasteiger partial charge in [0, 0.05) is 44.6 Å². The fraction of sp³-hybridized carbons (Fsp3) is 0.320. The fourth-order valence-electron chi connectivity index (χ4n) is 3.94. The molecule has 0 radical (unpaired) electrons. The molecule has 0 bridgehead atoms. The number of nitrogens with one attached hydrogen (secondary N) is 3. The lowest BCUT2D eigenvalue weighted by molar-refractivity contribution is 0.0951. The van der Waals surface area contributed by atoms with Gasteiger partial charge in [0.1, 0.15) is 17.5 Å². The lowest BCUT2D eigenvalue weighted by Crippen LogP contribution is -2.30. The molecular formula is C25H29FN6O. The summed E-state index contributed by atoms with van der Waals surface area (Å²) in [5.74, 6) is 0.905. The number of aromatic nitrogens is 2. The second-order valence-corrected chi connectivity index (χ2v) is 8.14. The van der Waals surface area contributed by atoms with E-state index in [2.05, 4.69) is 25.8 Å². The van der Waals surface area contributed by atoms with E-state index in [1.54, 1.807) is 18.5 Å². The van der Waals surface area contributed by atoms with Gasteiger partial charge >= 0.3 is 0 Å². The van der Waals surface area contributed by atoms with E-state index in [-0.39, 0.29) is 11.7 Å². The predicted molar refractivity (Wildman–Crippen MR) is 128 cm³/mol. The van der Waals surface area contributed by atoms with Crippen LogP contribution in [0.1, 0.15) is 27.9 Å². The summed E-state index contributed by atoms with van der Waals surface area (Å²) >= 11 is 0. The van der Waals surface area contributed by atoms with Crippen LogP contribution in [0.15, 0.2) is 60.9 Å². The molecule has 3 heterocycles. The van der Waals surface area contributed by atoms with Gasteiger partial charge in [0.25, 0.3) is 5.91 Å². The number of pyridine rings is 2. The minimum Gasteiger partial charge on any atom is -0.369 e. The first kappa shape index (κ1) is 22.7. The highest BCUT2D eigenvalue weighted by atomic mass is 19.1. The van der Waals surface area contributed by atoms with Crippen LogP contribution in [0.4, 0.5) is 16.0 Å². The topological polar surface area (TPSA) is 82.2 Å². The third-order valence-electron chi connectivity index (χ3n) is 5.82. The largest absolute Gasteiger partial charge is 0.369 e. The smallest absolute Gasteiger partial charge is 0.255 e. The molecule has 3 N–H and O–H groups in total. The Morgan fingerprint density at radius 3 is 2.82 bits per heavy atom. The number of amides is 1. The van der Waals surface area contributed by atoms with Crippen molar-refractivity contribution in [2.45, 2.75) is 25.4 Å². The van der Waals surface area contributed by atoms with Gasteiger partial charge in [-0.2, -0.15) is 0 Å². The summed E-state index contributed by atoms with van der Waals surface area (Å²) in [5, 5.41) is 9.56. The zero-order valence-electron chi connectivity index (χ0n) is 18.7. The number of halogens is 1. The maximum Gasteiger partial charge on any atom is 0.255 e. The maximum atomic E-state index is 13.5. The molecule has 4 rings (SSSR count). The average molecular weight is 449 g/mol. The summed E-state index contributed by atoms with van der Waals surface area (Å²) in [6.45, 7) is 2.70. The van der Waals surface area contributed by atoms with Gasteiger partial charge in [-0.3, -0.25) is 9.78 Å². The first-order valence-electron chi connectivity index (χ1n) is 11.2. The number of benzene rings is 1. The lowest BCUT2D eigenvalue weighted by Gasteiger charge is -2.20. The molecule has 1 aromatic carbocycles. The molecule has 1 saturated heterocycles. The Morgan fingerprint density at radius 1 is 1.18 bits per heavy atom. The van der Waals surface area contributed by atoms with E-state index in [4.69, 9.17) is 4.98 Å². The van der Waals surface area contributed by atoms with E-state index < -0.39 is 0 Å². The SMILES string of the molecule is CN[C@H]1CCN(c2ccc(C(=O)NCc3cccnc3)c(NCCc3cccc(F)c3)n2)C1. The van der Waals surface area contributed by atoms with E-state index in [0.717, 1.165) is 36.5 Å². The zero-order chi connectivity index (χ0) is 23.0. The Kier molecular flexibility index (Phi) is 7.47. The van der Waals surface area contributed by atoms with Crippen LogP contribution >= 0.6 is 0 Å². The Labute approximate surface area is 193 Å². The Bertz CT molecular complexity index is 1080. The lowest BCUT2D eigenvalue weighted by atomic mass is 10.1. The first-order valence-corrected chi connectivity index (χ1v) is 11.2. The van der Waals surface area contributed by atoms with Crippen molar-refractivity contribution in [2.75, 3.05) is 36.9 Å². The maximum absolute atomic E-state index is 13.5. The van der Waals surface area contributed by atoms with Gasteiger partial charge in [-0.25, -0.2) is 9.37 Å². The van der Waals surface area contributed by atoms with Crippen molar-refractivity contribution in [1.82, 2.24) is 20.6 Å². The summed E-state index contributed by atoms with van der Waals surface area (Å²) < 4.78 is 13.5. The number of anilines is 2. The molecule has 1 fully saturated rings. The van der Waals surface area contributed by atoms with Gasteiger partial charge in [0.05, 0.1) is 5.56 Å². The minimum atomic E-state index is -0.254. The summed E-state index contributed by atoms with van der Waals surface area (Å²) in [7, 11) is 1.97. The first-order chi connectivity index (χ1) is 16.1. The Morgan fingerprint density at radius 2 is 2.06 bits per heavy atom. The highest BCUT2D eigenvalue weighted by Crippen LogP contribution is 2.23. The number of nitrogens with zero attached hydrogens (tertiary/aromatic N) is 3.